The third-order valence-electron chi connectivity index (χ3n) is 3.30. The van der Waals surface area contributed by atoms with Crippen LogP contribution in [-0.4, -0.2) is 10.5 Å². The molecule has 3 rings (SSSR count). The molecule has 0 radical (unpaired) electrons. The zero-order chi connectivity index (χ0) is 12.5. The molecule has 0 saturated heterocycles. The molecule has 0 amide bonds. The van der Waals surface area contributed by atoms with E-state index in [4.69, 9.17) is 4.74 Å². The molecule has 0 saturated carbocycles. The highest BCUT2D eigenvalue weighted by atomic mass is 16.5. The minimum atomic E-state index is -0.272. The number of benzene rings is 1. The molecule has 0 fully saturated rings. The molecule has 1 aliphatic rings. The molecule has 0 N–H and O–H groups in total. The standard InChI is InChI=1S/C15H15NO2/c1-11(17)18-10-14-7-4-6-13-9-12-5-2-3-8-15(12)16(13)14/h2-3,5,8-10H,4,6-7H2,1H3/b14-10-. The van der Waals surface area contributed by atoms with Crippen LogP contribution in [0.1, 0.15) is 25.5 Å². The van der Waals surface area contributed by atoms with Crippen LogP contribution in [0.15, 0.2) is 36.6 Å². The summed E-state index contributed by atoms with van der Waals surface area (Å²) in [7, 11) is 0. The van der Waals surface area contributed by atoms with Crippen molar-refractivity contribution in [3.8, 4) is 0 Å². The van der Waals surface area contributed by atoms with Gasteiger partial charge in [0.05, 0.1) is 11.2 Å². The van der Waals surface area contributed by atoms with E-state index in [9.17, 15) is 4.79 Å². The number of hydrogen-bond donors (Lipinski definition) is 0. The lowest BCUT2D eigenvalue weighted by Gasteiger charge is -2.19. The summed E-state index contributed by atoms with van der Waals surface area (Å²) in [5.74, 6) is -0.272. The Kier molecular flexibility index (Phi) is 2.67. The first kappa shape index (κ1) is 11.1. The highest BCUT2D eigenvalue weighted by Gasteiger charge is 2.17. The van der Waals surface area contributed by atoms with Crippen LogP contribution in [-0.2, 0) is 16.0 Å². The van der Waals surface area contributed by atoms with Crippen molar-refractivity contribution in [2.45, 2.75) is 26.2 Å². The highest BCUT2D eigenvalue weighted by Crippen LogP contribution is 2.31. The second kappa shape index (κ2) is 4.33. The van der Waals surface area contributed by atoms with Crippen molar-refractivity contribution in [2.75, 3.05) is 0 Å². The Balaban J connectivity index is 2.14. The number of carbonyl (C=O) groups excluding carboxylic acids is 1. The van der Waals surface area contributed by atoms with Gasteiger partial charge in [-0.2, -0.15) is 0 Å². The molecule has 3 heteroatoms. The van der Waals surface area contributed by atoms with Gasteiger partial charge >= 0.3 is 5.97 Å². The molecule has 0 aliphatic carbocycles. The first-order valence-corrected chi connectivity index (χ1v) is 6.22. The van der Waals surface area contributed by atoms with Gasteiger partial charge in [-0.3, -0.25) is 4.79 Å². The van der Waals surface area contributed by atoms with Gasteiger partial charge in [-0.25, -0.2) is 0 Å². The number of esters is 1. The lowest BCUT2D eigenvalue weighted by Crippen LogP contribution is -2.09. The molecular weight excluding hydrogens is 226 g/mol. The van der Waals surface area contributed by atoms with Gasteiger partial charge in [0.2, 0.25) is 0 Å². The smallest absolute Gasteiger partial charge is 0.307 e. The van der Waals surface area contributed by atoms with Gasteiger partial charge < -0.3 is 9.30 Å². The molecule has 0 spiro atoms. The van der Waals surface area contributed by atoms with Gasteiger partial charge in [-0.15, -0.1) is 0 Å². The molecule has 1 aromatic carbocycles. The van der Waals surface area contributed by atoms with Crippen molar-refractivity contribution in [1.82, 2.24) is 4.57 Å². The molecule has 2 heterocycles. The molecule has 2 aromatic rings. The molecular formula is C15H15NO2. The third-order valence-corrected chi connectivity index (χ3v) is 3.30. The summed E-state index contributed by atoms with van der Waals surface area (Å²) in [4.78, 5) is 10.9. The van der Waals surface area contributed by atoms with E-state index < -0.39 is 0 Å². The zero-order valence-electron chi connectivity index (χ0n) is 10.3. The van der Waals surface area contributed by atoms with Crippen molar-refractivity contribution >= 4 is 22.6 Å². The molecule has 18 heavy (non-hydrogen) atoms. The minimum absolute atomic E-state index is 0.272. The van der Waals surface area contributed by atoms with Crippen LogP contribution in [0.25, 0.3) is 16.6 Å². The van der Waals surface area contributed by atoms with Gasteiger partial charge in [0.25, 0.3) is 0 Å². The number of fused-ring (bicyclic) bond motifs is 3. The fourth-order valence-electron chi connectivity index (χ4n) is 2.56. The Morgan fingerprint density at radius 1 is 1.33 bits per heavy atom. The fraction of sp³-hybridized carbons (Fsp3) is 0.267. The van der Waals surface area contributed by atoms with Crippen molar-refractivity contribution in [3.05, 3.63) is 42.3 Å². The second-order valence-electron chi connectivity index (χ2n) is 4.60. The van der Waals surface area contributed by atoms with Crippen LogP contribution in [0.3, 0.4) is 0 Å². The van der Waals surface area contributed by atoms with Gasteiger partial charge in [0.1, 0.15) is 6.26 Å². The quantitative estimate of drug-likeness (QED) is 0.566. The first-order chi connectivity index (χ1) is 8.75. The number of nitrogens with zero attached hydrogens (tertiary/aromatic N) is 1. The van der Waals surface area contributed by atoms with Crippen LogP contribution in [0.2, 0.25) is 0 Å². The maximum absolute atomic E-state index is 10.9. The average molecular weight is 241 g/mol. The zero-order valence-corrected chi connectivity index (χ0v) is 10.3. The van der Waals surface area contributed by atoms with Gasteiger partial charge in [-0.1, -0.05) is 18.2 Å². The van der Waals surface area contributed by atoms with Crippen molar-refractivity contribution in [1.29, 1.82) is 0 Å². The average Bonchev–Trinajstić information content (AvgIpc) is 2.75. The van der Waals surface area contributed by atoms with Crippen LogP contribution < -0.4 is 0 Å². The van der Waals surface area contributed by atoms with Crippen LogP contribution >= 0.6 is 0 Å². The maximum Gasteiger partial charge on any atom is 0.307 e. The van der Waals surface area contributed by atoms with Crippen molar-refractivity contribution < 1.29 is 9.53 Å². The van der Waals surface area contributed by atoms with Crippen molar-refractivity contribution in [3.63, 3.8) is 0 Å². The summed E-state index contributed by atoms with van der Waals surface area (Å²) in [5, 5.41) is 1.24. The van der Waals surface area contributed by atoms with Crippen LogP contribution in [0, 0.1) is 0 Å². The van der Waals surface area contributed by atoms with Gasteiger partial charge in [-0.05, 0) is 31.4 Å². The topological polar surface area (TPSA) is 31.2 Å². The largest absolute Gasteiger partial charge is 0.433 e. The third kappa shape index (κ3) is 1.82. The monoisotopic (exact) mass is 241 g/mol. The normalized spacial score (nSPS) is 16.8. The van der Waals surface area contributed by atoms with E-state index in [1.165, 1.54) is 23.5 Å². The van der Waals surface area contributed by atoms with E-state index in [2.05, 4.69) is 22.8 Å². The van der Waals surface area contributed by atoms with E-state index in [1.807, 2.05) is 12.1 Å². The summed E-state index contributed by atoms with van der Waals surface area (Å²) < 4.78 is 7.24. The van der Waals surface area contributed by atoms with E-state index in [0.717, 1.165) is 25.0 Å². The molecule has 1 aromatic heterocycles. The number of ether oxygens (including phenoxy) is 1. The maximum atomic E-state index is 10.9. The summed E-state index contributed by atoms with van der Waals surface area (Å²) in [6.07, 6.45) is 4.71. The molecule has 3 nitrogen and oxygen atoms in total. The van der Waals surface area contributed by atoms with E-state index >= 15 is 0 Å². The van der Waals surface area contributed by atoms with Crippen LogP contribution in [0.5, 0.6) is 0 Å². The Morgan fingerprint density at radius 3 is 3.00 bits per heavy atom. The number of allylic oxidation sites excluding steroid dienone is 1. The predicted molar refractivity (Wildman–Crippen MR) is 70.9 cm³/mol. The number of carbonyl (C=O) groups is 1. The number of aryl methyl sites for hydroxylation is 1. The number of hydrogen-bond acceptors (Lipinski definition) is 2. The van der Waals surface area contributed by atoms with Crippen LogP contribution in [0.4, 0.5) is 0 Å². The minimum Gasteiger partial charge on any atom is -0.433 e. The Hall–Kier alpha value is -2.03. The summed E-state index contributed by atoms with van der Waals surface area (Å²) in [6, 6.07) is 10.5. The molecule has 0 bridgehead atoms. The van der Waals surface area contributed by atoms with Crippen molar-refractivity contribution in [2.24, 2.45) is 0 Å². The predicted octanol–water partition coefficient (Wildman–Crippen LogP) is 3.34. The number of rotatable bonds is 1. The lowest BCUT2D eigenvalue weighted by atomic mass is 10.1. The summed E-state index contributed by atoms with van der Waals surface area (Å²) >= 11 is 0. The summed E-state index contributed by atoms with van der Waals surface area (Å²) in [5.41, 5.74) is 3.54. The molecule has 0 unspecified atom stereocenters. The highest BCUT2D eigenvalue weighted by molar-refractivity contribution is 5.85. The lowest BCUT2D eigenvalue weighted by molar-refractivity contribution is -0.135. The Bertz CT molecular complexity index is 637. The Labute approximate surface area is 106 Å². The number of aromatic nitrogens is 1. The van der Waals surface area contributed by atoms with E-state index in [1.54, 1.807) is 6.26 Å². The van der Waals surface area contributed by atoms with E-state index in [0.29, 0.717) is 0 Å². The molecule has 1 aliphatic heterocycles. The van der Waals surface area contributed by atoms with Gasteiger partial charge in [0, 0.05) is 18.0 Å². The first-order valence-electron chi connectivity index (χ1n) is 6.22. The summed E-state index contributed by atoms with van der Waals surface area (Å²) in [6.45, 7) is 1.43. The van der Waals surface area contributed by atoms with E-state index in [-0.39, 0.29) is 5.97 Å². The molecule has 92 valence electrons. The second-order valence-corrected chi connectivity index (χ2v) is 4.60. The van der Waals surface area contributed by atoms with Gasteiger partial charge in [0.15, 0.2) is 0 Å². The SMILES string of the molecule is CC(=O)O/C=C1/CCCc2cc3ccccc3n21. The fourth-order valence-corrected chi connectivity index (χ4v) is 2.56. The number of para-hydroxylation sites is 1. The molecule has 0 atom stereocenters. The Morgan fingerprint density at radius 2 is 2.17 bits per heavy atom.